The monoisotopic (exact) mass is 299 g/mol. The molecule has 1 N–H and O–H groups in total. The third-order valence-corrected chi connectivity index (χ3v) is 4.00. The highest BCUT2D eigenvalue weighted by atomic mass is 15.3. The van der Waals surface area contributed by atoms with Crippen molar-refractivity contribution in [3.63, 3.8) is 0 Å². The predicted molar refractivity (Wildman–Crippen MR) is 85.1 cm³/mol. The maximum absolute atomic E-state index is 4.56. The summed E-state index contributed by atoms with van der Waals surface area (Å²) in [7, 11) is 0. The van der Waals surface area contributed by atoms with Crippen LogP contribution >= 0.6 is 0 Å². The Morgan fingerprint density at radius 3 is 2.68 bits per heavy atom. The highest BCUT2D eigenvalue weighted by Gasteiger charge is 2.08. The first-order chi connectivity index (χ1) is 10.6. The number of aromatic nitrogens is 6. The highest BCUT2D eigenvalue weighted by Crippen LogP contribution is 2.15. The van der Waals surface area contributed by atoms with Crippen molar-refractivity contribution in [1.82, 2.24) is 29.6 Å². The number of hydrogen-bond donors (Lipinski definition) is 1. The van der Waals surface area contributed by atoms with Crippen LogP contribution in [0.15, 0.2) is 12.4 Å². The lowest BCUT2D eigenvalue weighted by atomic mass is 10.2. The van der Waals surface area contributed by atoms with Gasteiger partial charge in [-0.2, -0.15) is 14.7 Å². The molecule has 3 heterocycles. The van der Waals surface area contributed by atoms with Gasteiger partial charge in [0.1, 0.15) is 6.33 Å². The fraction of sp³-hybridized carbons (Fsp3) is 0.467. The summed E-state index contributed by atoms with van der Waals surface area (Å²) in [5.74, 6) is 0. The minimum Gasteiger partial charge on any atom is -0.382 e. The number of nitrogens with zero attached hydrogens (tertiary/aromatic N) is 6. The molecule has 0 aliphatic rings. The summed E-state index contributed by atoms with van der Waals surface area (Å²) >= 11 is 0. The van der Waals surface area contributed by atoms with E-state index >= 15 is 0 Å². The van der Waals surface area contributed by atoms with Gasteiger partial charge in [-0.3, -0.25) is 4.68 Å². The van der Waals surface area contributed by atoms with E-state index in [4.69, 9.17) is 0 Å². The van der Waals surface area contributed by atoms with Crippen molar-refractivity contribution in [3.8, 4) is 0 Å². The van der Waals surface area contributed by atoms with E-state index in [0.29, 0.717) is 0 Å². The standard InChI is InChI=1S/C15H21N7/c1-10-8-14(15-18-17-9-22(15)19-10)16-6-5-7-21-13(4)11(2)12(3)20-21/h8-9,16H,5-7H2,1-4H3. The first-order valence-corrected chi connectivity index (χ1v) is 7.48. The molecule has 0 amide bonds. The van der Waals surface area contributed by atoms with E-state index in [0.717, 1.165) is 42.2 Å². The molecule has 0 radical (unpaired) electrons. The lowest BCUT2D eigenvalue weighted by molar-refractivity contribution is 0.573. The molecule has 0 fully saturated rings. The van der Waals surface area contributed by atoms with Crippen LogP contribution in [0.2, 0.25) is 0 Å². The molecular weight excluding hydrogens is 278 g/mol. The van der Waals surface area contributed by atoms with Crippen LogP contribution in [0.3, 0.4) is 0 Å². The van der Waals surface area contributed by atoms with E-state index in [2.05, 4.69) is 51.2 Å². The second kappa shape index (κ2) is 5.75. The number of rotatable bonds is 5. The average molecular weight is 299 g/mol. The minimum absolute atomic E-state index is 0.757. The van der Waals surface area contributed by atoms with Gasteiger partial charge in [0.15, 0.2) is 0 Å². The third-order valence-electron chi connectivity index (χ3n) is 4.00. The number of hydrogen-bond acceptors (Lipinski definition) is 5. The van der Waals surface area contributed by atoms with Crippen LogP contribution in [-0.2, 0) is 6.54 Å². The molecule has 0 aliphatic heterocycles. The Bertz CT molecular complexity index is 800. The van der Waals surface area contributed by atoms with E-state index in [1.807, 2.05) is 13.0 Å². The topological polar surface area (TPSA) is 72.9 Å². The maximum atomic E-state index is 4.56. The minimum atomic E-state index is 0.757. The van der Waals surface area contributed by atoms with Crippen molar-refractivity contribution >= 4 is 11.3 Å². The summed E-state index contributed by atoms with van der Waals surface area (Å²) in [5.41, 5.74) is 6.30. The van der Waals surface area contributed by atoms with E-state index in [9.17, 15) is 0 Å². The van der Waals surface area contributed by atoms with Gasteiger partial charge in [0.05, 0.1) is 17.1 Å². The van der Waals surface area contributed by atoms with Crippen LogP contribution in [0.1, 0.15) is 29.1 Å². The number of aryl methyl sites for hydroxylation is 3. The molecule has 7 nitrogen and oxygen atoms in total. The summed E-state index contributed by atoms with van der Waals surface area (Å²) in [6, 6.07) is 2.00. The molecule has 0 aliphatic carbocycles. The first kappa shape index (κ1) is 14.5. The van der Waals surface area contributed by atoms with Crippen molar-refractivity contribution in [2.24, 2.45) is 0 Å². The van der Waals surface area contributed by atoms with Crippen molar-refractivity contribution in [3.05, 3.63) is 35.0 Å². The van der Waals surface area contributed by atoms with Crippen molar-refractivity contribution in [1.29, 1.82) is 0 Å². The average Bonchev–Trinajstić information content (AvgIpc) is 3.04. The van der Waals surface area contributed by atoms with Crippen LogP contribution in [-0.4, -0.2) is 36.1 Å². The second-order valence-electron chi connectivity index (χ2n) is 5.60. The van der Waals surface area contributed by atoms with E-state index in [1.54, 1.807) is 10.8 Å². The lowest BCUT2D eigenvalue weighted by Gasteiger charge is -2.09. The molecule has 0 atom stereocenters. The SMILES string of the molecule is Cc1cc(NCCCn2nc(C)c(C)c2C)c2nncn2n1. The second-order valence-corrected chi connectivity index (χ2v) is 5.60. The molecule has 0 aromatic carbocycles. The van der Waals surface area contributed by atoms with E-state index < -0.39 is 0 Å². The van der Waals surface area contributed by atoms with Crippen LogP contribution in [0.4, 0.5) is 5.69 Å². The molecule has 0 spiro atoms. The Labute approximate surface area is 129 Å². The lowest BCUT2D eigenvalue weighted by Crippen LogP contribution is -2.10. The van der Waals surface area contributed by atoms with E-state index in [-0.39, 0.29) is 0 Å². The zero-order chi connectivity index (χ0) is 15.7. The van der Waals surface area contributed by atoms with Crippen LogP contribution in [0, 0.1) is 27.7 Å². The Hall–Kier alpha value is -2.44. The maximum Gasteiger partial charge on any atom is 0.200 e. The fourth-order valence-electron chi connectivity index (χ4n) is 2.54. The van der Waals surface area contributed by atoms with Gasteiger partial charge in [-0.05, 0) is 45.7 Å². The molecule has 3 aromatic heterocycles. The fourth-order valence-corrected chi connectivity index (χ4v) is 2.54. The summed E-state index contributed by atoms with van der Waals surface area (Å²) in [4.78, 5) is 0. The van der Waals surface area contributed by atoms with Crippen LogP contribution in [0.25, 0.3) is 5.65 Å². The van der Waals surface area contributed by atoms with Gasteiger partial charge >= 0.3 is 0 Å². The molecule has 3 rings (SSSR count). The van der Waals surface area contributed by atoms with E-state index in [1.165, 1.54) is 11.3 Å². The van der Waals surface area contributed by atoms with Gasteiger partial charge in [-0.15, -0.1) is 10.2 Å². The van der Waals surface area contributed by atoms with Crippen LogP contribution < -0.4 is 5.32 Å². The van der Waals surface area contributed by atoms with Crippen molar-refractivity contribution in [2.45, 2.75) is 40.7 Å². The molecule has 22 heavy (non-hydrogen) atoms. The molecule has 3 aromatic rings. The van der Waals surface area contributed by atoms with Gasteiger partial charge in [-0.25, -0.2) is 0 Å². The van der Waals surface area contributed by atoms with Gasteiger partial charge in [0, 0.05) is 18.8 Å². The van der Waals surface area contributed by atoms with Crippen LogP contribution in [0.5, 0.6) is 0 Å². The third kappa shape index (κ3) is 2.66. The number of fused-ring (bicyclic) bond motifs is 1. The summed E-state index contributed by atoms with van der Waals surface area (Å²) in [6.45, 7) is 10.0. The van der Waals surface area contributed by atoms with Gasteiger partial charge < -0.3 is 5.32 Å². The van der Waals surface area contributed by atoms with Gasteiger partial charge in [0.2, 0.25) is 5.65 Å². The normalized spacial score (nSPS) is 11.3. The first-order valence-electron chi connectivity index (χ1n) is 7.48. The zero-order valence-electron chi connectivity index (χ0n) is 13.5. The van der Waals surface area contributed by atoms with Gasteiger partial charge in [0.25, 0.3) is 0 Å². The number of anilines is 1. The highest BCUT2D eigenvalue weighted by molar-refractivity contribution is 5.66. The Kier molecular flexibility index (Phi) is 3.79. The summed E-state index contributed by atoms with van der Waals surface area (Å²) < 4.78 is 3.78. The summed E-state index contributed by atoms with van der Waals surface area (Å²) in [6.07, 6.45) is 2.61. The molecule has 0 unspecified atom stereocenters. The quantitative estimate of drug-likeness (QED) is 0.730. The Balaban J connectivity index is 1.63. The van der Waals surface area contributed by atoms with Crippen molar-refractivity contribution < 1.29 is 0 Å². The molecule has 0 bridgehead atoms. The molecule has 0 saturated heterocycles. The zero-order valence-corrected chi connectivity index (χ0v) is 13.5. The number of nitrogens with one attached hydrogen (secondary N) is 1. The molecule has 116 valence electrons. The molecule has 7 heteroatoms. The Morgan fingerprint density at radius 2 is 1.95 bits per heavy atom. The largest absolute Gasteiger partial charge is 0.382 e. The van der Waals surface area contributed by atoms with Gasteiger partial charge in [-0.1, -0.05) is 0 Å². The van der Waals surface area contributed by atoms with Crippen molar-refractivity contribution in [2.75, 3.05) is 11.9 Å². The smallest absolute Gasteiger partial charge is 0.200 e. The predicted octanol–water partition coefficient (Wildman–Crippen LogP) is 2.06. The molecule has 0 saturated carbocycles. The Morgan fingerprint density at radius 1 is 1.14 bits per heavy atom. The summed E-state index contributed by atoms with van der Waals surface area (Å²) in [5, 5.41) is 20.3. The molecular formula is C15H21N7.